The van der Waals surface area contributed by atoms with Crippen molar-refractivity contribution in [3.63, 3.8) is 0 Å². The summed E-state index contributed by atoms with van der Waals surface area (Å²) < 4.78 is 5.88. The molecule has 19 heavy (non-hydrogen) atoms. The van der Waals surface area contributed by atoms with Crippen molar-refractivity contribution >= 4 is 27.5 Å². The van der Waals surface area contributed by atoms with E-state index >= 15 is 0 Å². The van der Waals surface area contributed by atoms with E-state index in [1.807, 2.05) is 4.90 Å². The molecule has 1 amide bonds. The van der Waals surface area contributed by atoms with Gasteiger partial charge in [0, 0.05) is 30.4 Å². The second kappa shape index (κ2) is 6.21. The highest BCUT2D eigenvalue weighted by Crippen LogP contribution is 2.22. The molecule has 0 saturated carbocycles. The Bertz CT molecular complexity index is 514. The van der Waals surface area contributed by atoms with Crippen LogP contribution in [0.15, 0.2) is 34.3 Å². The summed E-state index contributed by atoms with van der Waals surface area (Å²) in [5, 5.41) is 0. The molecule has 0 unspecified atom stereocenters. The van der Waals surface area contributed by atoms with Gasteiger partial charge in [0.05, 0.1) is 12.2 Å². The maximum Gasteiger partial charge on any atom is 0.255 e. The van der Waals surface area contributed by atoms with Gasteiger partial charge in [-0.3, -0.25) is 4.79 Å². The van der Waals surface area contributed by atoms with E-state index in [2.05, 4.69) is 22.0 Å². The number of nitrogen functional groups attached to an aromatic ring is 1. The van der Waals surface area contributed by atoms with Crippen molar-refractivity contribution in [1.82, 2.24) is 4.90 Å². The number of nitrogens with zero attached hydrogens (tertiary/aromatic N) is 1. The molecule has 0 aromatic heterocycles. The average molecular weight is 325 g/mol. The lowest BCUT2D eigenvalue weighted by Crippen LogP contribution is -2.35. The van der Waals surface area contributed by atoms with Crippen molar-refractivity contribution in [2.45, 2.75) is 6.42 Å². The Hall–Kier alpha value is -1.33. The van der Waals surface area contributed by atoms with Crippen LogP contribution in [-0.2, 0) is 4.74 Å². The van der Waals surface area contributed by atoms with Gasteiger partial charge in [0.2, 0.25) is 0 Å². The van der Waals surface area contributed by atoms with Gasteiger partial charge in [-0.05, 0) is 46.1 Å². The molecule has 2 rings (SSSR count). The normalized spacial score (nSPS) is 15.3. The van der Waals surface area contributed by atoms with E-state index in [0.29, 0.717) is 24.4 Å². The van der Waals surface area contributed by atoms with Crippen molar-refractivity contribution in [2.75, 3.05) is 32.5 Å². The molecule has 1 aliphatic rings. The van der Waals surface area contributed by atoms with Crippen LogP contribution in [0.2, 0.25) is 0 Å². The average Bonchev–Trinajstić information content (AvgIpc) is 2.42. The molecule has 1 aromatic carbocycles. The van der Waals surface area contributed by atoms with Crippen LogP contribution in [0.5, 0.6) is 0 Å². The molecule has 4 nitrogen and oxygen atoms in total. The fourth-order valence-corrected chi connectivity index (χ4v) is 2.51. The first-order chi connectivity index (χ1) is 9.11. The highest BCUT2D eigenvalue weighted by atomic mass is 79.9. The van der Waals surface area contributed by atoms with E-state index in [1.165, 1.54) is 5.57 Å². The summed E-state index contributed by atoms with van der Waals surface area (Å²) in [5.74, 6) is 0.00638. The molecule has 1 aromatic rings. The smallest absolute Gasteiger partial charge is 0.255 e. The highest BCUT2D eigenvalue weighted by molar-refractivity contribution is 9.10. The molecule has 0 fully saturated rings. The van der Waals surface area contributed by atoms with Crippen molar-refractivity contribution in [3.05, 3.63) is 39.9 Å². The maximum absolute atomic E-state index is 12.4. The summed E-state index contributed by atoms with van der Waals surface area (Å²) in [7, 11) is 1.68. The van der Waals surface area contributed by atoms with Gasteiger partial charge >= 0.3 is 0 Å². The van der Waals surface area contributed by atoms with Gasteiger partial charge in [0.1, 0.15) is 0 Å². The van der Waals surface area contributed by atoms with Gasteiger partial charge in [-0.1, -0.05) is 6.08 Å². The number of hydrogen-bond acceptors (Lipinski definition) is 3. The zero-order valence-corrected chi connectivity index (χ0v) is 12.4. The van der Waals surface area contributed by atoms with E-state index in [0.717, 1.165) is 17.4 Å². The summed E-state index contributed by atoms with van der Waals surface area (Å²) in [6.45, 7) is 1.98. The number of ether oxygens (including phenoxy) is 1. The van der Waals surface area contributed by atoms with Crippen LogP contribution in [0.1, 0.15) is 16.8 Å². The highest BCUT2D eigenvalue weighted by Gasteiger charge is 2.20. The quantitative estimate of drug-likeness (QED) is 0.686. The van der Waals surface area contributed by atoms with Crippen LogP contribution >= 0.6 is 15.9 Å². The Morgan fingerprint density at radius 1 is 1.53 bits per heavy atom. The molecule has 2 N–H and O–H groups in total. The lowest BCUT2D eigenvalue weighted by Gasteiger charge is -2.26. The van der Waals surface area contributed by atoms with Crippen molar-refractivity contribution in [2.24, 2.45) is 0 Å². The van der Waals surface area contributed by atoms with Gasteiger partial charge < -0.3 is 15.4 Å². The summed E-state index contributed by atoms with van der Waals surface area (Å²) >= 11 is 3.40. The van der Waals surface area contributed by atoms with Crippen LogP contribution in [-0.4, -0.2) is 37.6 Å². The Kier molecular flexibility index (Phi) is 4.61. The van der Waals surface area contributed by atoms with Crippen LogP contribution < -0.4 is 5.73 Å². The molecule has 1 heterocycles. The lowest BCUT2D eigenvalue weighted by molar-refractivity contribution is 0.0764. The number of nitrogens with two attached hydrogens (primary N) is 1. The minimum atomic E-state index is 0.00638. The molecule has 0 bridgehead atoms. The number of carbonyl (C=O) groups is 1. The third-order valence-electron chi connectivity index (χ3n) is 3.14. The third kappa shape index (κ3) is 3.36. The largest absolute Gasteiger partial charge is 0.399 e. The zero-order chi connectivity index (χ0) is 13.8. The Morgan fingerprint density at radius 3 is 2.95 bits per heavy atom. The summed E-state index contributed by atoms with van der Waals surface area (Å²) in [5.41, 5.74) is 8.20. The fourth-order valence-electron chi connectivity index (χ4n) is 2.09. The van der Waals surface area contributed by atoms with E-state index < -0.39 is 0 Å². The first-order valence-corrected chi connectivity index (χ1v) is 6.92. The van der Waals surface area contributed by atoms with Crippen molar-refractivity contribution in [3.8, 4) is 0 Å². The second-order valence-electron chi connectivity index (χ2n) is 4.54. The Morgan fingerprint density at radius 2 is 2.32 bits per heavy atom. The van der Waals surface area contributed by atoms with Crippen molar-refractivity contribution < 1.29 is 9.53 Å². The van der Waals surface area contributed by atoms with Gasteiger partial charge in [-0.15, -0.1) is 0 Å². The molecule has 0 saturated heterocycles. The van der Waals surface area contributed by atoms with Crippen LogP contribution in [0.3, 0.4) is 0 Å². The number of carbonyl (C=O) groups excluding carboxylic acids is 1. The second-order valence-corrected chi connectivity index (χ2v) is 5.39. The van der Waals surface area contributed by atoms with Gasteiger partial charge in [-0.2, -0.15) is 0 Å². The molecule has 0 radical (unpaired) electrons. The monoisotopic (exact) mass is 324 g/mol. The minimum Gasteiger partial charge on any atom is -0.399 e. The number of benzene rings is 1. The van der Waals surface area contributed by atoms with Crippen LogP contribution in [0, 0.1) is 0 Å². The number of amides is 1. The predicted molar refractivity (Wildman–Crippen MR) is 79.0 cm³/mol. The number of halogens is 1. The molecule has 0 spiro atoms. The predicted octanol–water partition coefficient (Wildman–Crippen LogP) is 2.45. The Labute approximate surface area is 121 Å². The van der Waals surface area contributed by atoms with E-state index in [1.54, 1.807) is 25.3 Å². The van der Waals surface area contributed by atoms with Gasteiger partial charge in [0.25, 0.3) is 5.91 Å². The standard InChI is InChI=1S/C14H17BrN2O2/c1-19-9-10-4-6-17(7-5-10)14(18)12-8-11(16)2-3-13(12)15/h2-4,8H,5-7,9,16H2,1H3. The number of rotatable bonds is 3. The van der Waals surface area contributed by atoms with Crippen molar-refractivity contribution in [1.29, 1.82) is 0 Å². The molecule has 102 valence electrons. The molecule has 5 heteroatoms. The SMILES string of the molecule is COCC1=CCN(C(=O)c2cc(N)ccc2Br)CC1. The number of anilines is 1. The fraction of sp³-hybridized carbons (Fsp3) is 0.357. The first-order valence-electron chi connectivity index (χ1n) is 6.13. The van der Waals surface area contributed by atoms with E-state index in [-0.39, 0.29) is 5.91 Å². The topological polar surface area (TPSA) is 55.6 Å². The van der Waals surface area contributed by atoms with Crippen LogP contribution in [0.25, 0.3) is 0 Å². The molecular formula is C14H17BrN2O2. The summed E-state index contributed by atoms with van der Waals surface area (Å²) in [6, 6.07) is 5.28. The molecule has 1 aliphatic heterocycles. The minimum absolute atomic E-state index is 0.00638. The zero-order valence-electron chi connectivity index (χ0n) is 10.9. The van der Waals surface area contributed by atoms with Crippen LogP contribution in [0.4, 0.5) is 5.69 Å². The number of hydrogen-bond donors (Lipinski definition) is 1. The molecule has 0 aliphatic carbocycles. The summed E-state index contributed by atoms with van der Waals surface area (Å²) in [4.78, 5) is 14.2. The van der Waals surface area contributed by atoms with Gasteiger partial charge in [-0.25, -0.2) is 0 Å². The van der Waals surface area contributed by atoms with E-state index in [9.17, 15) is 4.79 Å². The third-order valence-corrected chi connectivity index (χ3v) is 3.83. The molecule has 0 atom stereocenters. The van der Waals surface area contributed by atoms with Gasteiger partial charge in [0.15, 0.2) is 0 Å². The molecular weight excluding hydrogens is 308 g/mol. The van der Waals surface area contributed by atoms with E-state index in [4.69, 9.17) is 10.5 Å². The number of methoxy groups -OCH3 is 1. The Balaban J connectivity index is 2.11. The first kappa shape index (κ1) is 14.1. The maximum atomic E-state index is 12.4. The lowest BCUT2D eigenvalue weighted by atomic mass is 10.1. The summed E-state index contributed by atoms with van der Waals surface area (Å²) in [6.07, 6.45) is 2.92.